The first-order valence-corrected chi connectivity index (χ1v) is 10.0. The summed E-state index contributed by atoms with van der Waals surface area (Å²) in [6.07, 6.45) is 9.96. The number of hydrogen-bond donors (Lipinski definition) is 0. The first-order valence-electron chi connectivity index (χ1n) is 10.0. The number of allylic oxidation sites excluding steroid dienone is 8. The molecular formula is C26H22O3. The van der Waals surface area contributed by atoms with Gasteiger partial charge in [-0.25, -0.2) is 4.79 Å². The van der Waals surface area contributed by atoms with E-state index in [9.17, 15) is 4.79 Å². The predicted octanol–water partition coefficient (Wildman–Crippen LogP) is 5.71. The molecule has 3 nitrogen and oxygen atoms in total. The van der Waals surface area contributed by atoms with Gasteiger partial charge in [-0.3, -0.25) is 0 Å². The fourth-order valence-corrected chi connectivity index (χ4v) is 4.55. The van der Waals surface area contributed by atoms with Crippen molar-refractivity contribution in [2.75, 3.05) is 13.7 Å². The normalized spacial score (nSPS) is 18.6. The molecule has 1 atom stereocenters. The molecular weight excluding hydrogens is 360 g/mol. The van der Waals surface area contributed by atoms with Gasteiger partial charge in [0.15, 0.2) is 0 Å². The largest absolute Gasteiger partial charge is 0.497 e. The van der Waals surface area contributed by atoms with E-state index in [2.05, 4.69) is 42.5 Å². The molecule has 0 aromatic heterocycles. The molecule has 0 N–H and O–H groups in total. The van der Waals surface area contributed by atoms with E-state index in [0.29, 0.717) is 12.2 Å². The number of ether oxygens (including phenoxy) is 2. The van der Waals surface area contributed by atoms with Gasteiger partial charge in [-0.2, -0.15) is 0 Å². The summed E-state index contributed by atoms with van der Waals surface area (Å²) in [5, 5.41) is 0. The summed E-state index contributed by atoms with van der Waals surface area (Å²) in [6.45, 7) is 2.21. The van der Waals surface area contributed by atoms with Crippen molar-refractivity contribution >= 4 is 17.1 Å². The molecule has 2 aromatic rings. The lowest BCUT2D eigenvalue weighted by Crippen LogP contribution is -2.06. The van der Waals surface area contributed by atoms with Crippen molar-refractivity contribution in [2.24, 2.45) is 0 Å². The second-order valence-corrected chi connectivity index (χ2v) is 7.39. The Hall–Kier alpha value is -3.33. The quantitative estimate of drug-likeness (QED) is 0.636. The van der Waals surface area contributed by atoms with E-state index in [4.69, 9.17) is 9.47 Å². The molecule has 3 heteroatoms. The van der Waals surface area contributed by atoms with Crippen LogP contribution >= 0.6 is 0 Å². The number of carbonyl (C=O) groups excluding carboxylic acids is 1. The summed E-state index contributed by atoms with van der Waals surface area (Å²) < 4.78 is 10.5. The molecule has 0 aliphatic heterocycles. The Morgan fingerprint density at radius 2 is 1.90 bits per heavy atom. The number of fused-ring (bicyclic) bond motifs is 3. The molecule has 29 heavy (non-hydrogen) atoms. The van der Waals surface area contributed by atoms with E-state index < -0.39 is 0 Å². The van der Waals surface area contributed by atoms with Crippen LogP contribution in [0, 0.1) is 0 Å². The van der Waals surface area contributed by atoms with E-state index in [1.807, 2.05) is 31.2 Å². The molecule has 3 aliphatic rings. The summed E-state index contributed by atoms with van der Waals surface area (Å²) >= 11 is 0. The fourth-order valence-electron chi connectivity index (χ4n) is 4.55. The van der Waals surface area contributed by atoms with Crippen molar-refractivity contribution in [3.8, 4) is 5.75 Å². The number of hydrogen-bond acceptors (Lipinski definition) is 3. The van der Waals surface area contributed by atoms with Gasteiger partial charge in [0.1, 0.15) is 5.75 Å². The second kappa shape index (κ2) is 6.93. The van der Waals surface area contributed by atoms with Crippen LogP contribution < -0.4 is 4.74 Å². The van der Waals surface area contributed by atoms with Crippen molar-refractivity contribution in [1.29, 1.82) is 0 Å². The van der Waals surface area contributed by atoms with E-state index in [1.54, 1.807) is 7.11 Å². The molecule has 5 rings (SSSR count). The van der Waals surface area contributed by atoms with Crippen molar-refractivity contribution in [3.05, 3.63) is 100 Å². The minimum Gasteiger partial charge on any atom is -0.497 e. The first-order chi connectivity index (χ1) is 14.2. The molecule has 0 spiro atoms. The fraction of sp³-hybridized carbons (Fsp3) is 0.192. The third-order valence-electron chi connectivity index (χ3n) is 5.85. The van der Waals surface area contributed by atoms with Crippen LogP contribution in [-0.4, -0.2) is 19.7 Å². The maximum atomic E-state index is 12.3. The van der Waals surface area contributed by atoms with Crippen molar-refractivity contribution in [1.82, 2.24) is 0 Å². The molecule has 0 amide bonds. The van der Waals surface area contributed by atoms with E-state index >= 15 is 0 Å². The number of methoxy groups -OCH3 is 1. The summed E-state index contributed by atoms with van der Waals surface area (Å²) in [6, 6.07) is 14.2. The van der Waals surface area contributed by atoms with Gasteiger partial charge in [0.25, 0.3) is 0 Å². The van der Waals surface area contributed by atoms with Gasteiger partial charge in [-0.05, 0) is 76.6 Å². The van der Waals surface area contributed by atoms with Crippen molar-refractivity contribution in [3.63, 3.8) is 0 Å². The van der Waals surface area contributed by atoms with Gasteiger partial charge < -0.3 is 9.47 Å². The van der Waals surface area contributed by atoms with Crippen LogP contribution in [0.4, 0.5) is 0 Å². The van der Waals surface area contributed by atoms with Crippen LogP contribution in [-0.2, 0) is 4.74 Å². The van der Waals surface area contributed by atoms with Crippen LogP contribution in [0.25, 0.3) is 11.1 Å². The van der Waals surface area contributed by atoms with Gasteiger partial charge in [0, 0.05) is 5.92 Å². The third-order valence-corrected chi connectivity index (χ3v) is 5.85. The zero-order valence-electron chi connectivity index (χ0n) is 16.6. The SMILES string of the molecule is CCOC(=O)c1ccc2c(c1)C1=CCC=C3C=CC(c4ccc(OC)cc4)C2=C31. The average Bonchev–Trinajstić information content (AvgIpc) is 3.10. The van der Waals surface area contributed by atoms with Crippen LogP contribution in [0.5, 0.6) is 5.75 Å². The minimum atomic E-state index is -0.267. The molecule has 0 saturated carbocycles. The molecule has 3 aliphatic carbocycles. The smallest absolute Gasteiger partial charge is 0.338 e. The molecule has 2 aromatic carbocycles. The number of esters is 1. The number of benzene rings is 2. The summed E-state index contributed by atoms with van der Waals surface area (Å²) in [5.74, 6) is 0.761. The highest BCUT2D eigenvalue weighted by Crippen LogP contribution is 2.54. The maximum absolute atomic E-state index is 12.3. The Morgan fingerprint density at radius 3 is 2.66 bits per heavy atom. The average molecular weight is 382 g/mol. The molecule has 0 saturated heterocycles. The zero-order valence-corrected chi connectivity index (χ0v) is 16.6. The van der Waals surface area contributed by atoms with E-state index in [0.717, 1.165) is 17.7 Å². The third kappa shape index (κ3) is 2.77. The summed E-state index contributed by atoms with van der Waals surface area (Å²) in [5.41, 5.74) is 9.31. The number of carbonyl (C=O) groups is 1. The molecule has 144 valence electrons. The highest BCUT2D eigenvalue weighted by molar-refractivity contribution is 6.08. The second-order valence-electron chi connectivity index (χ2n) is 7.39. The molecule has 0 fully saturated rings. The summed E-state index contributed by atoms with van der Waals surface area (Å²) in [7, 11) is 1.69. The Balaban J connectivity index is 1.64. The van der Waals surface area contributed by atoms with E-state index in [1.165, 1.54) is 33.4 Å². The lowest BCUT2D eigenvalue weighted by Gasteiger charge is -2.25. The van der Waals surface area contributed by atoms with Gasteiger partial charge in [-0.15, -0.1) is 0 Å². The Labute approximate surface area is 170 Å². The standard InChI is InChI=1S/C26H22O3/c1-3-29-26(27)18-10-14-22-23(15-18)21-6-4-5-17-9-13-20(25(22)24(17)21)16-7-11-19(28-2)12-8-16/h5-15,20H,3-4H2,1-2H3. The predicted molar refractivity (Wildman–Crippen MR) is 115 cm³/mol. The van der Waals surface area contributed by atoms with Gasteiger partial charge in [0.05, 0.1) is 19.3 Å². The molecule has 0 radical (unpaired) electrons. The van der Waals surface area contributed by atoms with Gasteiger partial charge in [-0.1, -0.05) is 42.5 Å². The van der Waals surface area contributed by atoms with Crippen LogP contribution in [0.15, 0.2) is 77.9 Å². The van der Waals surface area contributed by atoms with Crippen LogP contribution in [0.2, 0.25) is 0 Å². The number of rotatable bonds is 4. The summed E-state index contributed by atoms with van der Waals surface area (Å²) in [4.78, 5) is 12.3. The Bertz CT molecular complexity index is 1130. The van der Waals surface area contributed by atoms with Crippen molar-refractivity contribution < 1.29 is 14.3 Å². The highest BCUT2D eigenvalue weighted by atomic mass is 16.5. The topological polar surface area (TPSA) is 35.5 Å². The first kappa shape index (κ1) is 17.7. The monoisotopic (exact) mass is 382 g/mol. The highest BCUT2D eigenvalue weighted by Gasteiger charge is 2.35. The van der Waals surface area contributed by atoms with Crippen molar-refractivity contribution in [2.45, 2.75) is 19.3 Å². The minimum absolute atomic E-state index is 0.171. The van der Waals surface area contributed by atoms with Gasteiger partial charge in [0.2, 0.25) is 0 Å². The maximum Gasteiger partial charge on any atom is 0.338 e. The van der Waals surface area contributed by atoms with E-state index in [-0.39, 0.29) is 11.9 Å². The van der Waals surface area contributed by atoms with Gasteiger partial charge >= 0.3 is 5.97 Å². The Morgan fingerprint density at radius 1 is 1.07 bits per heavy atom. The molecule has 0 bridgehead atoms. The molecule has 0 heterocycles. The lowest BCUT2D eigenvalue weighted by molar-refractivity contribution is 0.0526. The van der Waals surface area contributed by atoms with Crippen LogP contribution in [0.1, 0.15) is 46.3 Å². The zero-order chi connectivity index (χ0) is 20.0. The molecule has 1 unspecified atom stereocenters. The Kier molecular flexibility index (Phi) is 4.24. The lowest BCUT2D eigenvalue weighted by atomic mass is 9.79. The van der Waals surface area contributed by atoms with Crippen LogP contribution in [0.3, 0.4) is 0 Å².